The second-order valence-electron chi connectivity index (χ2n) is 4.39. The highest BCUT2D eigenvalue weighted by Crippen LogP contribution is 2.30. The lowest BCUT2D eigenvalue weighted by Gasteiger charge is -2.12. The Morgan fingerprint density at radius 3 is 2.68 bits per heavy atom. The first-order valence-electron chi connectivity index (χ1n) is 5.99. The van der Waals surface area contributed by atoms with Gasteiger partial charge in [-0.25, -0.2) is 4.39 Å². The van der Waals surface area contributed by atoms with Crippen molar-refractivity contribution in [1.29, 1.82) is 0 Å². The van der Waals surface area contributed by atoms with Crippen LogP contribution in [0.25, 0.3) is 0 Å². The second-order valence-corrected chi connectivity index (χ2v) is 5.49. The van der Waals surface area contributed by atoms with Gasteiger partial charge >= 0.3 is 0 Å². The van der Waals surface area contributed by atoms with Crippen LogP contribution in [0.15, 0.2) is 36.5 Å². The van der Waals surface area contributed by atoms with E-state index >= 15 is 0 Å². The van der Waals surface area contributed by atoms with E-state index in [1.54, 1.807) is 12.1 Å². The maximum atomic E-state index is 13.9. The van der Waals surface area contributed by atoms with Crippen LogP contribution < -0.4 is 4.74 Å². The molecule has 0 bridgehead atoms. The minimum atomic E-state index is -0.270. The summed E-state index contributed by atoms with van der Waals surface area (Å²) in [6.07, 6.45) is 2.46. The molecule has 0 radical (unpaired) electrons. The molecule has 1 unspecified atom stereocenters. The van der Waals surface area contributed by atoms with E-state index in [1.807, 2.05) is 25.3 Å². The summed E-state index contributed by atoms with van der Waals surface area (Å²) in [4.78, 5) is 4.23. The summed E-state index contributed by atoms with van der Waals surface area (Å²) >= 11 is 3.52. The lowest BCUT2D eigenvalue weighted by Crippen LogP contribution is -2.01. The summed E-state index contributed by atoms with van der Waals surface area (Å²) in [6.45, 7) is 1.99. The van der Waals surface area contributed by atoms with Crippen LogP contribution in [0.3, 0.4) is 0 Å². The first-order valence-corrected chi connectivity index (χ1v) is 6.90. The standard InChI is InChI=1S/C15H15BrFNO/c1-10-3-4-11(18-9-10)7-14(16)13-6-5-12(19-2)8-15(13)17/h3-6,8-9,14H,7H2,1-2H3. The zero-order valence-electron chi connectivity index (χ0n) is 10.9. The molecule has 0 amide bonds. The second kappa shape index (κ2) is 6.15. The minimum Gasteiger partial charge on any atom is -0.497 e. The summed E-state index contributed by atoms with van der Waals surface area (Å²) in [7, 11) is 1.52. The van der Waals surface area contributed by atoms with E-state index in [0.717, 1.165) is 11.3 Å². The number of hydrogen-bond donors (Lipinski definition) is 0. The van der Waals surface area contributed by atoms with Crippen molar-refractivity contribution in [2.24, 2.45) is 0 Å². The SMILES string of the molecule is COc1ccc(C(Br)Cc2ccc(C)cn2)c(F)c1. The lowest BCUT2D eigenvalue weighted by atomic mass is 10.1. The summed E-state index contributed by atoms with van der Waals surface area (Å²) in [5, 5.41) is 0. The third-order valence-corrected chi connectivity index (χ3v) is 3.72. The van der Waals surface area contributed by atoms with E-state index in [-0.39, 0.29) is 10.6 Å². The monoisotopic (exact) mass is 323 g/mol. The predicted octanol–water partition coefficient (Wildman–Crippen LogP) is 4.22. The molecule has 0 spiro atoms. The Hall–Kier alpha value is -1.42. The summed E-state index contributed by atoms with van der Waals surface area (Å²) in [5.41, 5.74) is 2.66. The molecule has 0 fully saturated rings. The molecule has 0 aliphatic rings. The molecule has 0 aliphatic carbocycles. The fourth-order valence-electron chi connectivity index (χ4n) is 1.80. The van der Waals surface area contributed by atoms with Gasteiger partial charge in [0.05, 0.1) is 7.11 Å². The smallest absolute Gasteiger partial charge is 0.131 e. The average Bonchev–Trinajstić information content (AvgIpc) is 2.41. The van der Waals surface area contributed by atoms with Crippen LogP contribution in [-0.2, 0) is 6.42 Å². The van der Waals surface area contributed by atoms with Gasteiger partial charge in [0.2, 0.25) is 0 Å². The van der Waals surface area contributed by atoms with Crippen molar-refractivity contribution < 1.29 is 9.13 Å². The van der Waals surface area contributed by atoms with E-state index in [4.69, 9.17) is 4.74 Å². The molecule has 2 nitrogen and oxygen atoms in total. The molecule has 0 saturated carbocycles. The molecule has 1 aromatic heterocycles. The molecule has 0 aliphatic heterocycles. The number of pyridine rings is 1. The number of aromatic nitrogens is 1. The van der Waals surface area contributed by atoms with Gasteiger partial charge in [0.15, 0.2) is 0 Å². The van der Waals surface area contributed by atoms with Crippen LogP contribution in [0, 0.1) is 12.7 Å². The van der Waals surface area contributed by atoms with Crippen molar-refractivity contribution in [3.05, 3.63) is 59.2 Å². The van der Waals surface area contributed by atoms with Crippen LogP contribution in [0.5, 0.6) is 5.75 Å². The average molecular weight is 324 g/mol. The third kappa shape index (κ3) is 3.53. The zero-order valence-corrected chi connectivity index (χ0v) is 12.4. The molecule has 1 heterocycles. The van der Waals surface area contributed by atoms with Crippen molar-refractivity contribution >= 4 is 15.9 Å². The van der Waals surface area contributed by atoms with Gasteiger partial charge in [-0.1, -0.05) is 28.1 Å². The fraction of sp³-hybridized carbons (Fsp3) is 0.267. The Balaban J connectivity index is 2.15. The number of rotatable bonds is 4. The maximum absolute atomic E-state index is 13.9. The molecule has 1 aromatic carbocycles. The van der Waals surface area contributed by atoms with Gasteiger partial charge in [-0.3, -0.25) is 4.98 Å². The van der Waals surface area contributed by atoms with E-state index in [0.29, 0.717) is 17.7 Å². The number of benzene rings is 1. The van der Waals surface area contributed by atoms with Crippen LogP contribution in [0.2, 0.25) is 0 Å². The Kier molecular flexibility index (Phi) is 4.53. The topological polar surface area (TPSA) is 22.1 Å². The number of hydrogen-bond acceptors (Lipinski definition) is 2. The maximum Gasteiger partial charge on any atom is 0.131 e. The fourth-order valence-corrected chi connectivity index (χ4v) is 2.50. The largest absolute Gasteiger partial charge is 0.497 e. The molecule has 1 atom stereocenters. The highest BCUT2D eigenvalue weighted by molar-refractivity contribution is 9.09. The summed E-state index contributed by atoms with van der Waals surface area (Å²) in [6, 6.07) is 8.86. The quantitative estimate of drug-likeness (QED) is 0.786. The number of ether oxygens (including phenoxy) is 1. The summed E-state index contributed by atoms with van der Waals surface area (Å²) in [5.74, 6) is 0.253. The normalized spacial score (nSPS) is 12.2. The first kappa shape index (κ1) is 14.0. The molecular formula is C15H15BrFNO. The molecule has 0 N–H and O–H groups in total. The van der Waals surface area contributed by atoms with Gasteiger partial charge in [0, 0.05) is 34.8 Å². The molecule has 0 saturated heterocycles. The Labute approximate surface area is 120 Å². The molecular weight excluding hydrogens is 309 g/mol. The van der Waals surface area contributed by atoms with Gasteiger partial charge in [-0.2, -0.15) is 0 Å². The van der Waals surface area contributed by atoms with Crippen LogP contribution in [0.1, 0.15) is 21.6 Å². The van der Waals surface area contributed by atoms with Crippen LogP contribution in [-0.4, -0.2) is 12.1 Å². The lowest BCUT2D eigenvalue weighted by molar-refractivity contribution is 0.410. The van der Waals surface area contributed by atoms with E-state index in [1.165, 1.54) is 13.2 Å². The van der Waals surface area contributed by atoms with Crippen molar-refractivity contribution in [3.8, 4) is 5.75 Å². The predicted molar refractivity (Wildman–Crippen MR) is 77.3 cm³/mol. The van der Waals surface area contributed by atoms with Gasteiger partial charge in [0.25, 0.3) is 0 Å². The third-order valence-electron chi connectivity index (χ3n) is 2.91. The molecule has 100 valence electrons. The van der Waals surface area contributed by atoms with Crippen molar-refractivity contribution in [1.82, 2.24) is 4.98 Å². The molecule has 19 heavy (non-hydrogen) atoms. The molecule has 2 aromatic rings. The molecule has 2 rings (SSSR count). The van der Waals surface area contributed by atoms with Gasteiger partial charge in [-0.15, -0.1) is 0 Å². The van der Waals surface area contributed by atoms with Gasteiger partial charge in [0.1, 0.15) is 11.6 Å². The van der Waals surface area contributed by atoms with Crippen molar-refractivity contribution in [3.63, 3.8) is 0 Å². The Bertz CT molecular complexity index is 557. The number of aryl methyl sites for hydroxylation is 1. The van der Waals surface area contributed by atoms with Crippen LogP contribution in [0.4, 0.5) is 4.39 Å². The number of methoxy groups -OCH3 is 1. The highest BCUT2D eigenvalue weighted by Gasteiger charge is 2.14. The number of alkyl halides is 1. The van der Waals surface area contributed by atoms with E-state index < -0.39 is 0 Å². The van der Waals surface area contributed by atoms with Gasteiger partial charge < -0.3 is 4.74 Å². The van der Waals surface area contributed by atoms with Crippen molar-refractivity contribution in [2.75, 3.05) is 7.11 Å². The first-order chi connectivity index (χ1) is 9.10. The van der Waals surface area contributed by atoms with Crippen LogP contribution >= 0.6 is 15.9 Å². The van der Waals surface area contributed by atoms with E-state index in [2.05, 4.69) is 20.9 Å². The number of nitrogens with zero attached hydrogens (tertiary/aromatic N) is 1. The van der Waals surface area contributed by atoms with Crippen molar-refractivity contribution in [2.45, 2.75) is 18.2 Å². The summed E-state index contributed by atoms with van der Waals surface area (Å²) < 4.78 is 18.9. The molecule has 4 heteroatoms. The number of halogens is 2. The zero-order chi connectivity index (χ0) is 13.8. The van der Waals surface area contributed by atoms with E-state index in [9.17, 15) is 4.39 Å². The minimum absolute atomic E-state index is 0.103. The Morgan fingerprint density at radius 1 is 1.32 bits per heavy atom. The van der Waals surface area contributed by atoms with Gasteiger partial charge in [-0.05, 0) is 24.6 Å². The highest BCUT2D eigenvalue weighted by atomic mass is 79.9. The Morgan fingerprint density at radius 2 is 2.11 bits per heavy atom.